The molecule has 1 N–H and O–H groups in total. The van der Waals surface area contributed by atoms with Gasteiger partial charge in [0.25, 0.3) is 0 Å². The van der Waals surface area contributed by atoms with Crippen LogP contribution in [0.2, 0.25) is 0 Å². The van der Waals surface area contributed by atoms with Crippen LogP contribution in [0.25, 0.3) is 0 Å². The first-order valence-corrected chi connectivity index (χ1v) is 6.71. The Bertz CT molecular complexity index is 231. The van der Waals surface area contributed by atoms with Gasteiger partial charge in [-0.2, -0.15) is 0 Å². The SMILES string of the molecule is CC1CN(CC2CC3CCC2N3)CC1C. The minimum Gasteiger partial charge on any atom is -0.311 e. The topological polar surface area (TPSA) is 15.3 Å². The first-order valence-electron chi connectivity index (χ1n) is 6.71. The molecule has 2 bridgehead atoms. The maximum Gasteiger partial charge on any atom is 0.0111 e. The Hall–Kier alpha value is -0.0800. The highest BCUT2D eigenvalue weighted by Crippen LogP contribution is 2.35. The lowest BCUT2D eigenvalue weighted by atomic mass is 9.89. The molecule has 0 saturated carbocycles. The van der Waals surface area contributed by atoms with E-state index < -0.39 is 0 Å². The van der Waals surface area contributed by atoms with E-state index in [1.165, 1.54) is 38.9 Å². The van der Waals surface area contributed by atoms with Crippen molar-refractivity contribution in [3.8, 4) is 0 Å². The Balaban J connectivity index is 1.54. The molecule has 3 aliphatic rings. The summed E-state index contributed by atoms with van der Waals surface area (Å²) in [5.74, 6) is 2.79. The number of likely N-dealkylation sites (tertiary alicyclic amines) is 1. The summed E-state index contributed by atoms with van der Waals surface area (Å²) in [4.78, 5) is 2.71. The number of hydrogen-bond acceptors (Lipinski definition) is 2. The third-order valence-corrected chi connectivity index (χ3v) is 4.99. The molecule has 3 fully saturated rings. The van der Waals surface area contributed by atoms with E-state index in [1.807, 2.05) is 0 Å². The van der Waals surface area contributed by atoms with Crippen molar-refractivity contribution in [1.29, 1.82) is 0 Å². The van der Waals surface area contributed by atoms with Gasteiger partial charge in [0.2, 0.25) is 0 Å². The predicted octanol–water partition coefficient (Wildman–Crippen LogP) is 1.71. The number of fused-ring (bicyclic) bond motifs is 2. The molecule has 0 aromatic heterocycles. The zero-order valence-corrected chi connectivity index (χ0v) is 10.1. The lowest BCUT2D eigenvalue weighted by molar-refractivity contribution is 0.241. The van der Waals surface area contributed by atoms with E-state index in [4.69, 9.17) is 0 Å². The van der Waals surface area contributed by atoms with Gasteiger partial charge < -0.3 is 10.2 Å². The molecule has 5 unspecified atom stereocenters. The van der Waals surface area contributed by atoms with Crippen LogP contribution in [0.4, 0.5) is 0 Å². The van der Waals surface area contributed by atoms with Crippen molar-refractivity contribution in [3.63, 3.8) is 0 Å². The molecule has 3 rings (SSSR count). The van der Waals surface area contributed by atoms with E-state index in [1.54, 1.807) is 0 Å². The minimum absolute atomic E-state index is 0.862. The fourth-order valence-electron chi connectivity index (χ4n) is 3.87. The molecule has 0 spiro atoms. The van der Waals surface area contributed by atoms with Gasteiger partial charge in [0, 0.05) is 31.7 Å². The van der Waals surface area contributed by atoms with E-state index in [2.05, 4.69) is 24.1 Å². The van der Waals surface area contributed by atoms with Gasteiger partial charge in [-0.05, 0) is 37.0 Å². The van der Waals surface area contributed by atoms with Gasteiger partial charge in [-0.3, -0.25) is 0 Å². The summed E-state index contributed by atoms with van der Waals surface area (Å²) >= 11 is 0. The molecule has 2 nitrogen and oxygen atoms in total. The van der Waals surface area contributed by atoms with Gasteiger partial charge in [-0.25, -0.2) is 0 Å². The van der Waals surface area contributed by atoms with Crippen LogP contribution in [-0.4, -0.2) is 36.6 Å². The fourth-order valence-corrected chi connectivity index (χ4v) is 3.87. The summed E-state index contributed by atoms with van der Waals surface area (Å²) < 4.78 is 0. The molecule has 0 radical (unpaired) electrons. The Labute approximate surface area is 93.4 Å². The van der Waals surface area contributed by atoms with E-state index in [-0.39, 0.29) is 0 Å². The second-order valence-electron chi connectivity index (χ2n) is 6.22. The Morgan fingerprint density at radius 1 is 1.13 bits per heavy atom. The maximum atomic E-state index is 3.75. The highest BCUT2D eigenvalue weighted by molar-refractivity contribution is 4.98. The Kier molecular flexibility index (Phi) is 2.52. The summed E-state index contributed by atoms with van der Waals surface area (Å²) in [6, 6.07) is 1.73. The van der Waals surface area contributed by atoms with E-state index in [9.17, 15) is 0 Å². The zero-order chi connectivity index (χ0) is 10.4. The van der Waals surface area contributed by atoms with Crippen molar-refractivity contribution in [2.45, 2.75) is 45.2 Å². The van der Waals surface area contributed by atoms with Crippen LogP contribution in [0.15, 0.2) is 0 Å². The largest absolute Gasteiger partial charge is 0.311 e. The number of nitrogens with zero attached hydrogens (tertiary/aromatic N) is 1. The molecule has 15 heavy (non-hydrogen) atoms. The molecule has 0 aromatic rings. The highest BCUT2D eigenvalue weighted by Gasteiger charge is 2.40. The van der Waals surface area contributed by atoms with Crippen LogP contribution in [-0.2, 0) is 0 Å². The van der Waals surface area contributed by atoms with Gasteiger partial charge in [-0.1, -0.05) is 13.8 Å². The number of hydrogen-bond donors (Lipinski definition) is 1. The first kappa shape index (κ1) is 10.1. The molecule has 86 valence electrons. The van der Waals surface area contributed by atoms with Crippen molar-refractivity contribution < 1.29 is 0 Å². The molecular formula is C13H24N2. The normalized spacial score (nSPS) is 50.4. The van der Waals surface area contributed by atoms with Crippen molar-refractivity contribution in [2.75, 3.05) is 19.6 Å². The van der Waals surface area contributed by atoms with Crippen LogP contribution < -0.4 is 5.32 Å². The predicted molar refractivity (Wildman–Crippen MR) is 62.8 cm³/mol. The fraction of sp³-hybridized carbons (Fsp3) is 1.00. The van der Waals surface area contributed by atoms with E-state index in [0.29, 0.717) is 0 Å². The van der Waals surface area contributed by atoms with Gasteiger partial charge in [0.05, 0.1) is 0 Å². The maximum absolute atomic E-state index is 3.75. The molecule has 5 atom stereocenters. The quantitative estimate of drug-likeness (QED) is 0.743. The standard InChI is InChI=1S/C13H24N2/c1-9-6-15(7-10(9)2)8-11-5-12-3-4-13(11)14-12/h9-14H,3-8H2,1-2H3. The lowest BCUT2D eigenvalue weighted by Crippen LogP contribution is -2.34. The van der Waals surface area contributed by atoms with E-state index in [0.717, 1.165) is 29.8 Å². The molecular weight excluding hydrogens is 184 g/mol. The molecule has 3 heterocycles. The van der Waals surface area contributed by atoms with Crippen LogP contribution in [0, 0.1) is 17.8 Å². The van der Waals surface area contributed by atoms with Gasteiger partial charge in [-0.15, -0.1) is 0 Å². The summed E-state index contributed by atoms with van der Waals surface area (Å²) in [5, 5.41) is 3.75. The number of nitrogens with one attached hydrogen (secondary N) is 1. The average Bonchev–Trinajstić information content (AvgIpc) is 2.84. The summed E-state index contributed by atoms with van der Waals surface area (Å²) in [6.07, 6.45) is 4.33. The summed E-state index contributed by atoms with van der Waals surface area (Å²) in [7, 11) is 0. The third kappa shape index (κ3) is 1.83. The van der Waals surface area contributed by atoms with Crippen molar-refractivity contribution >= 4 is 0 Å². The molecule has 0 amide bonds. The molecule has 2 heteroatoms. The molecule has 0 aliphatic carbocycles. The Morgan fingerprint density at radius 3 is 2.40 bits per heavy atom. The van der Waals surface area contributed by atoms with Crippen molar-refractivity contribution in [3.05, 3.63) is 0 Å². The third-order valence-electron chi connectivity index (χ3n) is 4.99. The van der Waals surface area contributed by atoms with Crippen LogP contribution in [0.3, 0.4) is 0 Å². The zero-order valence-electron chi connectivity index (χ0n) is 10.1. The lowest BCUT2D eigenvalue weighted by Gasteiger charge is -2.25. The van der Waals surface area contributed by atoms with Crippen LogP contribution >= 0.6 is 0 Å². The van der Waals surface area contributed by atoms with Crippen LogP contribution in [0.1, 0.15) is 33.1 Å². The summed E-state index contributed by atoms with van der Waals surface area (Å²) in [6.45, 7) is 8.86. The first-order chi connectivity index (χ1) is 7.22. The minimum atomic E-state index is 0.862. The molecule has 3 aliphatic heterocycles. The molecule has 3 saturated heterocycles. The van der Waals surface area contributed by atoms with Crippen molar-refractivity contribution in [2.24, 2.45) is 17.8 Å². The van der Waals surface area contributed by atoms with E-state index >= 15 is 0 Å². The highest BCUT2D eigenvalue weighted by atomic mass is 15.2. The smallest absolute Gasteiger partial charge is 0.0111 e. The Morgan fingerprint density at radius 2 is 1.87 bits per heavy atom. The second-order valence-corrected chi connectivity index (χ2v) is 6.22. The number of rotatable bonds is 2. The monoisotopic (exact) mass is 208 g/mol. The molecule has 0 aromatic carbocycles. The van der Waals surface area contributed by atoms with Gasteiger partial charge >= 0.3 is 0 Å². The van der Waals surface area contributed by atoms with Gasteiger partial charge in [0.15, 0.2) is 0 Å². The summed E-state index contributed by atoms with van der Waals surface area (Å²) in [5.41, 5.74) is 0. The van der Waals surface area contributed by atoms with Gasteiger partial charge in [0.1, 0.15) is 0 Å². The second kappa shape index (κ2) is 3.74. The average molecular weight is 208 g/mol. The van der Waals surface area contributed by atoms with Crippen LogP contribution in [0.5, 0.6) is 0 Å². The van der Waals surface area contributed by atoms with Crippen molar-refractivity contribution in [1.82, 2.24) is 10.2 Å².